The fourth-order valence-electron chi connectivity index (χ4n) is 2.71. The second-order valence-electron chi connectivity index (χ2n) is 5.57. The lowest BCUT2D eigenvalue weighted by Gasteiger charge is -2.12. The number of fused-ring (bicyclic) bond motifs is 1. The van der Waals surface area contributed by atoms with E-state index >= 15 is 0 Å². The van der Waals surface area contributed by atoms with Crippen molar-refractivity contribution in [2.75, 3.05) is 7.11 Å². The lowest BCUT2D eigenvalue weighted by Crippen LogP contribution is -2.15. The number of hydrogen-bond donors (Lipinski definition) is 1. The Labute approximate surface area is 146 Å². The van der Waals surface area contributed by atoms with Crippen LogP contribution >= 0.6 is 0 Å². The SMILES string of the molecule is COc1ccc2c(-c3ccc(C(=O)O)c(CC(F)(F)F)c3)ncnc2c1. The van der Waals surface area contributed by atoms with Gasteiger partial charge in [-0.25, -0.2) is 14.8 Å². The molecule has 1 aromatic heterocycles. The van der Waals surface area contributed by atoms with E-state index in [-0.39, 0.29) is 11.1 Å². The molecule has 0 spiro atoms. The number of carbonyl (C=O) groups is 1. The second kappa shape index (κ2) is 6.62. The molecule has 26 heavy (non-hydrogen) atoms. The molecule has 134 valence electrons. The number of aromatic carboxylic acids is 1. The predicted octanol–water partition coefficient (Wildman–Crippen LogP) is 4.11. The number of carboxylic acids is 1. The molecule has 3 aromatic rings. The van der Waals surface area contributed by atoms with Gasteiger partial charge in [-0.1, -0.05) is 6.07 Å². The first-order valence-corrected chi connectivity index (χ1v) is 7.50. The Morgan fingerprint density at radius 1 is 1.15 bits per heavy atom. The van der Waals surface area contributed by atoms with Gasteiger partial charge in [-0.05, 0) is 29.8 Å². The van der Waals surface area contributed by atoms with Gasteiger partial charge in [0.2, 0.25) is 0 Å². The van der Waals surface area contributed by atoms with Crippen LogP contribution in [0.2, 0.25) is 0 Å². The van der Waals surface area contributed by atoms with Crippen LogP contribution in [0.5, 0.6) is 5.75 Å². The number of methoxy groups -OCH3 is 1. The van der Waals surface area contributed by atoms with Crippen molar-refractivity contribution in [1.29, 1.82) is 0 Å². The summed E-state index contributed by atoms with van der Waals surface area (Å²) in [6.07, 6.45) is -4.56. The molecule has 3 rings (SSSR count). The van der Waals surface area contributed by atoms with Gasteiger partial charge in [0.05, 0.1) is 30.3 Å². The lowest BCUT2D eigenvalue weighted by molar-refractivity contribution is -0.127. The molecular weight excluding hydrogens is 349 g/mol. The van der Waals surface area contributed by atoms with Gasteiger partial charge < -0.3 is 9.84 Å². The fourth-order valence-corrected chi connectivity index (χ4v) is 2.71. The van der Waals surface area contributed by atoms with Crippen LogP contribution in [0, 0.1) is 0 Å². The molecule has 8 heteroatoms. The van der Waals surface area contributed by atoms with Gasteiger partial charge in [0, 0.05) is 17.0 Å². The van der Waals surface area contributed by atoms with E-state index < -0.39 is 18.6 Å². The number of nitrogens with zero attached hydrogens (tertiary/aromatic N) is 2. The minimum atomic E-state index is -4.52. The van der Waals surface area contributed by atoms with Gasteiger partial charge >= 0.3 is 12.1 Å². The maximum Gasteiger partial charge on any atom is 0.393 e. The minimum Gasteiger partial charge on any atom is -0.497 e. The van der Waals surface area contributed by atoms with Crippen LogP contribution in [0.3, 0.4) is 0 Å². The Morgan fingerprint density at radius 3 is 2.58 bits per heavy atom. The highest BCUT2D eigenvalue weighted by Gasteiger charge is 2.30. The summed E-state index contributed by atoms with van der Waals surface area (Å²) in [5, 5.41) is 9.77. The molecule has 5 nitrogen and oxygen atoms in total. The molecule has 0 radical (unpaired) electrons. The Hall–Kier alpha value is -3.16. The molecule has 0 aliphatic carbocycles. The van der Waals surface area contributed by atoms with Gasteiger partial charge in [-0.2, -0.15) is 13.2 Å². The number of carboxylic acid groups (broad SMARTS) is 1. The van der Waals surface area contributed by atoms with Crippen LogP contribution < -0.4 is 4.74 Å². The van der Waals surface area contributed by atoms with E-state index in [1.165, 1.54) is 25.6 Å². The van der Waals surface area contributed by atoms with Crippen molar-refractivity contribution in [3.8, 4) is 17.0 Å². The molecule has 0 saturated carbocycles. The quantitative estimate of drug-likeness (QED) is 0.756. The smallest absolute Gasteiger partial charge is 0.393 e. The maximum absolute atomic E-state index is 12.8. The van der Waals surface area contributed by atoms with Crippen molar-refractivity contribution in [1.82, 2.24) is 9.97 Å². The number of rotatable bonds is 4. The summed E-state index contributed by atoms with van der Waals surface area (Å²) in [4.78, 5) is 19.5. The van der Waals surface area contributed by atoms with Crippen molar-refractivity contribution >= 4 is 16.9 Å². The van der Waals surface area contributed by atoms with Crippen molar-refractivity contribution in [3.05, 3.63) is 53.9 Å². The average molecular weight is 362 g/mol. The number of hydrogen-bond acceptors (Lipinski definition) is 4. The normalized spacial score (nSPS) is 11.5. The molecule has 0 atom stereocenters. The molecule has 2 aromatic carbocycles. The Morgan fingerprint density at radius 2 is 1.92 bits per heavy atom. The molecule has 0 amide bonds. The number of alkyl halides is 3. The fraction of sp³-hybridized carbons (Fsp3) is 0.167. The molecular formula is C18H13F3N2O3. The van der Waals surface area contributed by atoms with Crippen LogP contribution in [0.25, 0.3) is 22.2 Å². The minimum absolute atomic E-state index is 0.317. The zero-order chi connectivity index (χ0) is 18.9. The summed E-state index contributed by atoms with van der Waals surface area (Å²) in [6.45, 7) is 0. The zero-order valence-corrected chi connectivity index (χ0v) is 13.5. The monoisotopic (exact) mass is 362 g/mol. The highest BCUT2D eigenvalue weighted by Crippen LogP contribution is 2.31. The topological polar surface area (TPSA) is 72.3 Å². The standard InChI is InChI=1S/C18H13F3N2O3/c1-26-12-3-5-14-15(7-12)22-9-23-16(14)10-2-4-13(17(24)25)11(6-10)8-18(19,20)21/h2-7,9H,8H2,1H3,(H,24,25). The van der Waals surface area contributed by atoms with Crippen LogP contribution in [0.1, 0.15) is 15.9 Å². The Bertz CT molecular complexity index is 987. The summed E-state index contributed by atoms with van der Waals surface area (Å²) < 4.78 is 43.6. The van der Waals surface area contributed by atoms with E-state index in [9.17, 15) is 18.0 Å². The molecule has 0 saturated heterocycles. The highest BCUT2D eigenvalue weighted by atomic mass is 19.4. The molecule has 0 aliphatic heterocycles. The lowest BCUT2D eigenvalue weighted by atomic mass is 9.98. The third-order valence-electron chi connectivity index (χ3n) is 3.84. The van der Waals surface area contributed by atoms with E-state index in [1.54, 1.807) is 18.2 Å². The van der Waals surface area contributed by atoms with Crippen molar-refractivity contribution < 1.29 is 27.8 Å². The highest BCUT2D eigenvalue weighted by molar-refractivity contribution is 5.95. The number of aromatic nitrogens is 2. The molecule has 0 bridgehead atoms. The second-order valence-corrected chi connectivity index (χ2v) is 5.57. The van der Waals surface area contributed by atoms with E-state index in [2.05, 4.69) is 9.97 Å². The van der Waals surface area contributed by atoms with E-state index in [0.717, 1.165) is 6.07 Å². The summed E-state index contributed by atoms with van der Waals surface area (Å²) in [6, 6.07) is 8.90. The van der Waals surface area contributed by atoms with Crippen molar-refractivity contribution in [2.45, 2.75) is 12.6 Å². The third-order valence-corrected chi connectivity index (χ3v) is 3.84. The largest absolute Gasteiger partial charge is 0.497 e. The van der Waals surface area contributed by atoms with Crippen molar-refractivity contribution in [3.63, 3.8) is 0 Å². The van der Waals surface area contributed by atoms with Crippen LogP contribution in [-0.4, -0.2) is 34.3 Å². The van der Waals surface area contributed by atoms with E-state index in [1.807, 2.05) is 0 Å². The summed E-state index contributed by atoms with van der Waals surface area (Å²) in [5.41, 5.74) is 0.660. The van der Waals surface area contributed by atoms with Gasteiger partial charge in [-0.15, -0.1) is 0 Å². The molecule has 0 unspecified atom stereocenters. The molecule has 1 N–H and O–H groups in total. The van der Waals surface area contributed by atoms with Crippen LogP contribution in [-0.2, 0) is 6.42 Å². The average Bonchev–Trinajstić information content (AvgIpc) is 2.59. The number of ether oxygens (including phenoxy) is 1. The van der Waals surface area contributed by atoms with E-state index in [4.69, 9.17) is 9.84 Å². The van der Waals surface area contributed by atoms with E-state index in [0.29, 0.717) is 27.9 Å². The Kier molecular flexibility index (Phi) is 4.50. The molecule has 0 aliphatic rings. The molecule has 1 heterocycles. The first kappa shape index (κ1) is 17.7. The van der Waals surface area contributed by atoms with Gasteiger partial charge in [0.1, 0.15) is 12.1 Å². The van der Waals surface area contributed by atoms with Gasteiger partial charge in [-0.3, -0.25) is 0 Å². The van der Waals surface area contributed by atoms with Crippen LogP contribution in [0.4, 0.5) is 13.2 Å². The number of benzene rings is 2. The first-order chi connectivity index (χ1) is 12.3. The predicted molar refractivity (Wildman–Crippen MR) is 88.2 cm³/mol. The Balaban J connectivity index is 2.16. The summed E-state index contributed by atoms with van der Waals surface area (Å²) >= 11 is 0. The molecule has 0 fully saturated rings. The zero-order valence-electron chi connectivity index (χ0n) is 13.5. The van der Waals surface area contributed by atoms with Gasteiger partial charge in [0.15, 0.2) is 0 Å². The summed E-state index contributed by atoms with van der Waals surface area (Å²) in [5.74, 6) is -0.825. The maximum atomic E-state index is 12.8. The van der Waals surface area contributed by atoms with Gasteiger partial charge in [0.25, 0.3) is 0 Å². The van der Waals surface area contributed by atoms with Crippen molar-refractivity contribution in [2.24, 2.45) is 0 Å². The van der Waals surface area contributed by atoms with Crippen LogP contribution in [0.15, 0.2) is 42.7 Å². The number of halogens is 3. The third kappa shape index (κ3) is 3.58. The first-order valence-electron chi connectivity index (χ1n) is 7.50. The summed E-state index contributed by atoms with van der Waals surface area (Å²) in [7, 11) is 1.51.